The Morgan fingerprint density at radius 2 is 1.76 bits per heavy atom. The second-order valence-corrected chi connectivity index (χ2v) is 10.2. The van der Waals surface area contributed by atoms with Crippen LogP contribution < -0.4 is 5.32 Å². The van der Waals surface area contributed by atoms with Crippen LogP contribution in [0.5, 0.6) is 0 Å². The molecular formula is C32H34F3N5O. The molecule has 214 valence electrons. The molecule has 9 heteroatoms. The average molecular weight is 562 g/mol. The van der Waals surface area contributed by atoms with E-state index in [1.54, 1.807) is 31.4 Å². The minimum atomic E-state index is -4.31. The lowest BCUT2D eigenvalue weighted by atomic mass is 10.0. The van der Waals surface area contributed by atoms with Crippen LogP contribution >= 0.6 is 0 Å². The molecule has 1 aliphatic rings. The number of alkyl halides is 3. The van der Waals surface area contributed by atoms with Gasteiger partial charge in [-0.3, -0.25) is 14.7 Å². The third-order valence-electron chi connectivity index (χ3n) is 7.21. The van der Waals surface area contributed by atoms with Gasteiger partial charge in [-0.25, -0.2) is 0 Å². The van der Waals surface area contributed by atoms with Crippen molar-refractivity contribution < 1.29 is 18.0 Å². The Labute approximate surface area is 238 Å². The number of hydrogen-bond donors (Lipinski definition) is 2. The first-order valence-electron chi connectivity index (χ1n) is 13.4. The van der Waals surface area contributed by atoms with E-state index in [1.165, 1.54) is 6.07 Å². The summed E-state index contributed by atoms with van der Waals surface area (Å²) in [6, 6.07) is 12.0. The van der Waals surface area contributed by atoms with Crippen molar-refractivity contribution in [2.45, 2.75) is 26.6 Å². The Morgan fingerprint density at radius 1 is 1.02 bits per heavy atom. The van der Waals surface area contributed by atoms with Crippen LogP contribution in [0.15, 0.2) is 54.9 Å². The van der Waals surface area contributed by atoms with E-state index in [2.05, 4.69) is 36.9 Å². The van der Waals surface area contributed by atoms with Crippen LogP contribution in [0.2, 0.25) is 0 Å². The van der Waals surface area contributed by atoms with Gasteiger partial charge in [0.2, 0.25) is 0 Å². The molecule has 2 N–H and O–H groups in total. The number of aldehydes is 1. The lowest BCUT2D eigenvalue weighted by Gasteiger charge is -2.33. The molecule has 0 unspecified atom stereocenters. The Bertz CT molecular complexity index is 1570. The number of nitrogens with one attached hydrogen (secondary N) is 2. The van der Waals surface area contributed by atoms with Crippen molar-refractivity contribution in [3.05, 3.63) is 93.9 Å². The number of H-pyrrole nitrogens is 1. The zero-order valence-electron chi connectivity index (χ0n) is 23.7. The van der Waals surface area contributed by atoms with E-state index in [1.807, 2.05) is 45.3 Å². The molecule has 3 heterocycles. The number of hydrogen-bond acceptors (Lipinski definition) is 5. The summed E-state index contributed by atoms with van der Waals surface area (Å²) in [4.78, 5) is 22.7. The number of aromatic nitrogens is 2. The van der Waals surface area contributed by atoms with Crippen molar-refractivity contribution in [1.29, 1.82) is 0 Å². The summed E-state index contributed by atoms with van der Waals surface area (Å²) in [6.45, 7) is 7.72. The molecule has 0 atom stereocenters. The largest absolute Gasteiger partial charge is 0.416 e. The first-order valence-corrected chi connectivity index (χ1v) is 13.4. The van der Waals surface area contributed by atoms with E-state index < -0.39 is 11.7 Å². The number of aryl methyl sites for hydroxylation is 2. The van der Waals surface area contributed by atoms with Gasteiger partial charge in [-0.05, 0) is 56.3 Å². The zero-order chi connectivity index (χ0) is 29.6. The van der Waals surface area contributed by atoms with Gasteiger partial charge in [0.05, 0.1) is 22.3 Å². The molecule has 6 nitrogen and oxygen atoms in total. The third-order valence-corrected chi connectivity index (χ3v) is 7.21. The lowest BCUT2D eigenvalue weighted by molar-refractivity contribution is -0.138. The number of fused-ring (bicyclic) bond motifs is 1. The highest BCUT2D eigenvalue weighted by Crippen LogP contribution is 2.34. The van der Waals surface area contributed by atoms with Gasteiger partial charge in [0.25, 0.3) is 0 Å². The van der Waals surface area contributed by atoms with Crippen LogP contribution in [0.4, 0.5) is 18.9 Å². The number of aromatic amines is 1. The summed E-state index contributed by atoms with van der Waals surface area (Å²) in [7, 11) is 3.65. The molecule has 1 aliphatic heterocycles. The number of carbonyl (C=O) groups excluding carboxylic acids is 1. The second kappa shape index (κ2) is 13.0. The lowest BCUT2D eigenvalue weighted by Crippen LogP contribution is -2.44. The van der Waals surface area contributed by atoms with E-state index >= 15 is 0 Å². The summed E-state index contributed by atoms with van der Waals surface area (Å²) in [5.74, 6) is 6.30. The van der Waals surface area contributed by atoms with Gasteiger partial charge >= 0.3 is 6.18 Å². The smallest absolute Gasteiger partial charge is 0.388 e. The van der Waals surface area contributed by atoms with Crippen LogP contribution in [0.3, 0.4) is 0 Å². The minimum Gasteiger partial charge on any atom is -0.388 e. The minimum absolute atomic E-state index is 0.348. The highest BCUT2D eigenvalue weighted by Gasteiger charge is 2.34. The molecule has 1 saturated heterocycles. The third kappa shape index (κ3) is 7.54. The van der Waals surface area contributed by atoms with Crippen molar-refractivity contribution in [3.63, 3.8) is 0 Å². The standard InChI is InChI=1S/C18H14N2O.C14H20F3N3/c1-12-3-4-14(11-21)9-15(12)5-6-16-10-20-13(2)18-17(16)7-8-19-18;1-18-12-4-3-11(13(9-12)14(15,16)17)10-20-7-5-19(2)6-8-20/h3-4,7-11,19H,1-2H3;3-4,9,18H,5-8,10H2,1-2H3. The van der Waals surface area contributed by atoms with Crippen molar-refractivity contribution in [3.8, 4) is 11.8 Å². The monoisotopic (exact) mass is 561 g/mol. The maximum Gasteiger partial charge on any atom is 0.416 e. The summed E-state index contributed by atoms with van der Waals surface area (Å²) in [5.41, 5.74) is 5.71. The van der Waals surface area contributed by atoms with Gasteiger partial charge in [-0.15, -0.1) is 0 Å². The number of anilines is 1. The van der Waals surface area contributed by atoms with Crippen LogP contribution in [0.25, 0.3) is 10.9 Å². The molecule has 2 aromatic heterocycles. The van der Waals surface area contributed by atoms with Crippen LogP contribution in [-0.2, 0) is 12.7 Å². The highest BCUT2D eigenvalue weighted by atomic mass is 19.4. The first kappa shape index (κ1) is 29.8. The van der Waals surface area contributed by atoms with E-state index in [0.717, 1.165) is 65.8 Å². The van der Waals surface area contributed by atoms with Gasteiger partial charge < -0.3 is 15.2 Å². The molecule has 0 radical (unpaired) electrons. The number of rotatable bonds is 4. The van der Waals surface area contributed by atoms with Crippen LogP contribution in [0, 0.1) is 25.7 Å². The van der Waals surface area contributed by atoms with E-state index in [-0.39, 0.29) is 0 Å². The Balaban J connectivity index is 0.000000189. The van der Waals surface area contributed by atoms with Crippen molar-refractivity contribution >= 4 is 22.9 Å². The van der Waals surface area contributed by atoms with Gasteiger partial charge in [0.1, 0.15) is 6.29 Å². The topological polar surface area (TPSA) is 64.3 Å². The number of halogens is 3. The van der Waals surface area contributed by atoms with Crippen molar-refractivity contribution in [2.24, 2.45) is 0 Å². The Kier molecular flexibility index (Phi) is 9.48. The van der Waals surface area contributed by atoms with Gasteiger partial charge in [0.15, 0.2) is 0 Å². The van der Waals surface area contributed by atoms with E-state index in [0.29, 0.717) is 23.4 Å². The second-order valence-electron chi connectivity index (χ2n) is 10.2. The summed E-state index contributed by atoms with van der Waals surface area (Å²) >= 11 is 0. The molecule has 0 bridgehead atoms. The van der Waals surface area contributed by atoms with Crippen molar-refractivity contribution in [2.75, 3.05) is 45.6 Å². The molecule has 41 heavy (non-hydrogen) atoms. The van der Waals surface area contributed by atoms with Gasteiger partial charge in [0, 0.05) is 74.4 Å². The maximum atomic E-state index is 13.1. The quantitative estimate of drug-likeness (QED) is 0.241. The predicted octanol–water partition coefficient (Wildman–Crippen LogP) is 5.89. The van der Waals surface area contributed by atoms with E-state index in [9.17, 15) is 18.0 Å². The molecule has 4 aromatic rings. The Morgan fingerprint density at radius 3 is 2.44 bits per heavy atom. The molecule has 0 aliphatic carbocycles. The number of pyridine rings is 1. The number of benzene rings is 2. The number of carbonyl (C=O) groups is 1. The summed E-state index contributed by atoms with van der Waals surface area (Å²) < 4.78 is 39.4. The van der Waals surface area contributed by atoms with Gasteiger partial charge in [-0.2, -0.15) is 13.2 Å². The van der Waals surface area contributed by atoms with E-state index in [4.69, 9.17) is 0 Å². The fourth-order valence-corrected chi connectivity index (χ4v) is 4.65. The molecule has 5 rings (SSSR count). The average Bonchev–Trinajstić information content (AvgIpc) is 3.46. The number of nitrogens with zero attached hydrogens (tertiary/aromatic N) is 3. The molecular weight excluding hydrogens is 527 g/mol. The SMILES string of the molecule is CNc1ccc(CN2CCN(C)CC2)c(C(F)(F)F)c1.Cc1ccc(C=O)cc1C#Cc1cnc(C)c2[nH]ccc12. The molecule has 1 fully saturated rings. The fraction of sp³-hybridized carbons (Fsp3) is 0.312. The molecule has 2 aromatic carbocycles. The first-order chi connectivity index (χ1) is 19.6. The maximum absolute atomic E-state index is 13.1. The number of likely N-dealkylation sites (N-methyl/N-ethyl adjacent to an activating group) is 1. The van der Waals surface area contributed by atoms with Crippen LogP contribution in [0.1, 0.15) is 43.9 Å². The normalized spacial score (nSPS) is 14.1. The summed E-state index contributed by atoms with van der Waals surface area (Å²) in [5, 5.41) is 3.82. The Hall–Kier alpha value is -4.13. The zero-order valence-corrected chi connectivity index (χ0v) is 23.7. The molecule has 0 saturated carbocycles. The van der Waals surface area contributed by atoms with Crippen LogP contribution in [-0.4, -0.2) is 66.3 Å². The predicted molar refractivity (Wildman–Crippen MR) is 157 cm³/mol. The van der Waals surface area contributed by atoms with Gasteiger partial charge in [-0.1, -0.05) is 30.0 Å². The van der Waals surface area contributed by atoms with Crippen molar-refractivity contribution in [1.82, 2.24) is 19.8 Å². The number of piperazine rings is 1. The fourth-order valence-electron chi connectivity index (χ4n) is 4.65. The molecule has 0 amide bonds. The summed E-state index contributed by atoms with van der Waals surface area (Å²) in [6.07, 6.45) is 0.206. The highest BCUT2D eigenvalue weighted by molar-refractivity contribution is 5.87. The molecule has 0 spiro atoms.